The van der Waals surface area contributed by atoms with E-state index in [0.29, 0.717) is 40.4 Å². The van der Waals surface area contributed by atoms with Crippen molar-refractivity contribution in [1.29, 1.82) is 0 Å². The Labute approximate surface area is 129 Å². The van der Waals surface area contributed by atoms with Gasteiger partial charge in [0.2, 0.25) is 0 Å². The molecule has 1 aliphatic heterocycles. The molecule has 0 unspecified atom stereocenters. The van der Waals surface area contributed by atoms with E-state index in [1.54, 1.807) is 18.5 Å². The van der Waals surface area contributed by atoms with Gasteiger partial charge in [0.25, 0.3) is 0 Å². The van der Waals surface area contributed by atoms with Crippen molar-refractivity contribution in [3.63, 3.8) is 0 Å². The maximum absolute atomic E-state index is 12.7. The maximum Gasteiger partial charge on any atom is 0.416 e. The van der Waals surface area contributed by atoms with Gasteiger partial charge in [-0.3, -0.25) is 4.98 Å². The monoisotopic (exact) mass is 321 g/mol. The smallest absolute Gasteiger partial charge is 0.416 e. The number of benzene rings is 1. The van der Waals surface area contributed by atoms with E-state index in [2.05, 4.69) is 10.3 Å². The maximum atomic E-state index is 12.7. The summed E-state index contributed by atoms with van der Waals surface area (Å²) >= 11 is 0. The third-order valence-electron chi connectivity index (χ3n) is 3.73. The highest BCUT2D eigenvalue weighted by Crippen LogP contribution is 2.33. The van der Waals surface area contributed by atoms with Crippen molar-refractivity contribution in [3.05, 3.63) is 58.2 Å². The van der Waals surface area contributed by atoms with Gasteiger partial charge in [0.1, 0.15) is 5.75 Å². The second kappa shape index (κ2) is 5.49. The Bertz CT molecular complexity index is 875. The van der Waals surface area contributed by atoms with Gasteiger partial charge >= 0.3 is 6.18 Å². The summed E-state index contributed by atoms with van der Waals surface area (Å²) in [5, 5.41) is 14.6. The Morgan fingerprint density at radius 3 is 2.65 bits per heavy atom. The lowest BCUT2D eigenvalue weighted by Gasteiger charge is -2.14. The zero-order valence-electron chi connectivity index (χ0n) is 12.0. The molecule has 1 aliphatic rings. The number of pyridine rings is 1. The second-order valence-electron chi connectivity index (χ2n) is 5.23. The molecule has 0 radical (unpaired) electrons. The molecule has 0 aliphatic carbocycles. The molecule has 2 aromatic rings. The van der Waals surface area contributed by atoms with Crippen LogP contribution in [0.5, 0.6) is 5.75 Å². The molecule has 1 aromatic heterocycles. The first-order chi connectivity index (χ1) is 10.9. The standard InChI is InChI=1S/C16H14F3N3O/c17-16(18,19)9-1-2-11(14(23)7-9)15-10-3-5-21-8-12(10)13(20)4-6-22-15/h1-3,5,7-8,22-23H,4,6,20H2. The van der Waals surface area contributed by atoms with Gasteiger partial charge in [-0.2, -0.15) is 13.2 Å². The van der Waals surface area contributed by atoms with E-state index in [9.17, 15) is 18.3 Å². The highest BCUT2D eigenvalue weighted by molar-refractivity contribution is 5.70. The number of hydrogen-bond acceptors (Lipinski definition) is 4. The molecule has 2 heterocycles. The molecule has 0 atom stereocenters. The van der Waals surface area contributed by atoms with Gasteiger partial charge < -0.3 is 16.2 Å². The van der Waals surface area contributed by atoms with E-state index in [1.165, 1.54) is 6.07 Å². The number of nitrogens with zero attached hydrogens (tertiary/aromatic N) is 1. The summed E-state index contributed by atoms with van der Waals surface area (Å²) in [5.74, 6) is -0.439. The number of hydrogen-bond donors (Lipinski definition) is 3. The predicted octanol–water partition coefficient (Wildman–Crippen LogP) is 1.02. The predicted molar refractivity (Wildman–Crippen MR) is 79.3 cm³/mol. The average Bonchev–Trinajstić information content (AvgIpc) is 2.66. The minimum atomic E-state index is -4.50. The van der Waals surface area contributed by atoms with Crippen LogP contribution in [0.3, 0.4) is 0 Å². The fraction of sp³-hybridized carbons (Fsp3) is 0.188. The van der Waals surface area contributed by atoms with Crippen molar-refractivity contribution in [3.8, 4) is 5.75 Å². The second-order valence-corrected chi connectivity index (χ2v) is 5.23. The van der Waals surface area contributed by atoms with Crippen LogP contribution in [0.1, 0.15) is 17.5 Å². The highest BCUT2D eigenvalue weighted by Gasteiger charge is 2.31. The number of nitrogens with one attached hydrogen (secondary N) is 1. The molecule has 7 heteroatoms. The van der Waals surface area contributed by atoms with Crippen molar-refractivity contribution in [1.82, 2.24) is 10.3 Å². The van der Waals surface area contributed by atoms with E-state index >= 15 is 0 Å². The SMILES string of the molecule is NC1=c2cnccc2=C(c2ccc(C(F)(F)F)cc2O)NCC1. The average molecular weight is 321 g/mol. The van der Waals surface area contributed by atoms with Crippen molar-refractivity contribution >= 4 is 11.4 Å². The number of halogens is 3. The van der Waals surface area contributed by atoms with Crippen molar-refractivity contribution < 1.29 is 18.3 Å². The van der Waals surface area contributed by atoms with Gasteiger partial charge in [-0.05, 0) is 24.3 Å². The summed E-state index contributed by atoms with van der Waals surface area (Å²) < 4.78 is 38.2. The molecule has 1 aromatic carbocycles. The number of nitrogens with two attached hydrogens (primary N) is 1. The molecule has 0 bridgehead atoms. The zero-order valence-corrected chi connectivity index (χ0v) is 12.0. The molecule has 4 N–H and O–H groups in total. The first-order valence-corrected chi connectivity index (χ1v) is 6.95. The minimum Gasteiger partial charge on any atom is -0.507 e. The summed E-state index contributed by atoms with van der Waals surface area (Å²) in [5.41, 5.74) is 6.59. The lowest BCUT2D eigenvalue weighted by atomic mass is 10.0. The van der Waals surface area contributed by atoms with E-state index in [4.69, 9.17) is 5.73 Å². The number of aromatic nitrogens is 1. The van der Waals surface area contributed by atoms with Crippen LogP contribution in [0, 0.1) is 0 Å². The number of phenolic OH excluding ortho intramolecular Hbond substituents is 1. The number of rotatable bonds is 1. The van der Waals surface area contributed by atoms with E-state index in [-0.39, 0.29) is 0 Å². The van der Waals surface area contributed by atoms with E-state index in [1.807, 2.05) is 0 Å². The summed E-state index contributed by atoms with van der Waals surface area (Å²) in [7, 11) is 0. The molecular weight excluding hydrogens is 307 g/mol. The minimum absolute atomic E-state index is 0.292. The summed E-state index contributed by atoms with van der Waals surface area (Å²) in [6.45, 7) is 0.510. The summed E-state index contributed by atoms with van der Waals surface area (Å²) in [4.78, 5) is 4.03. The van der Waals surface area contributed by atoms with Crippen LogP contribution in [0.2, 0.25) is 0 Å². The number of phenols is 1. The van der Waals surface area contributed by atoms with Crippen molar-refractivity contribution in [2.24, 2.45) is 5.73 Å². The Morgan fingerprint density at radius 1 is 1.17 bits per heavy atom. The Balaban J connectivity index is 2.27. The summed E-state index contributed by atoms with van der Waals surface area (Å²) in [6, 6.07) is 4.64. The van der Waals surface area contributed by atoms with Gasteiger partial charge in [0.15, 0.2) is 0 Å². The Hall–Kier alpha value is -2.70. The Kier molecular flexibility index (Phi) is 3.63. The molecule has 4 nitrogen and oxygen atoms in total. The van der Waals surface area contributed by atoms with Crippen molar-refractivity contribution in [2.75, 3.05) is 6.54 Å². The fourth-order valence-corrected chi connectivity index (χ4v) is 2.58. The van der Waals surface area contributed by atoms with Crippen LogP contribution in [0.15, 0.2) is 36.7 Å². The summed E-state index contributed by atoms with van der Waals surface area (Å²) in [6.07, 6.45) is -0.750. The van der Waals surface area contributed by atoms with Crippen LogP contribution in [0.25, 0.3) is 11.4 Å². The van der Waals surface area contributed by atoms with Crippen LogP contribution in [-0.4, -0.2) is 16.6 Å². The molecule has 0 amide bonds. The molecule has 120 valence electrons. The molecular formula is C16H14F3N3O. The van der Waals surface area contributed by atoms with Gasteiger partial charge in [-0.25, -0.2) is 0 Å². The van der Waals surface area contributed by atoms with Crippen LogP contribution < -0.4 is 21.5 Å². The first-order valence-electron chi connectivity index (χ1n) is 6.95. The first kappa shape index (κ1) is 15.2. The van der Waals surface area contributed by atoms with E-state index in [0.717, 1.165) is 12.1 Å². The fourth-order valence-electron chi connectivity index (χ4n) is 2.58. The molecule has 0 saturated heterocycles. The highest BCUT2D eigenvalue weighted by atomic mass is 19.4. The third-order valence-corrected chi connectivity index (χ3v) is 3.73. The number of alkyl halides is 3. The molecule has 23 heavy (non-hydrogen) atoms. The van der Waals surface area contributed by atoms with Gasteiger partial charge in [0, 0.05) is 47.1 Å². The van der Waals surface area contributed by atoms with Gasteiger partial charge in [0.05, 0.1) is 11.3 Å². The van der Waals surface area contributed by atoms with Crippen LogP contribution in [0.4, 0.5) is 13.2 Å². The van der Waals surface area contributed by atoms with E-state index < -0.39 is 17.5 Å². The van der Waals surface area contributed by atoms with Crippen LogP contribution >= 0.6 is 0 Å². The molecule has 0 spiro atoms. The quantitative estimate of drug-likeness (QED) is 0.733. The lowest BCUT2D eigenvalue weighted by Crippen LogP contribution is -2.33. The number of fused-ring (bicyclic) bond motifs is 1. The van der Waals surface area contributed by atoms with Gasteiger partial charge in [-0.15, -0.1) is 0 Å². The molecule has 0 saturated carbocycles. The number of aromatic hydroxyl groups is 1. The normalized spacial score (nSPS) is 14.9. The Morgan fingerprint density at radius 2 is 1.96 bits per heavy atom. The lowest BCUT2D eigenvalue weighted by molar-refractivity contribution is -0.137. The van der Waals surface area contributed by atoms with Crippen LogP contribution in [-0.2, 0) is 6.18 Å². The third kappa shape index (κ3) is 2.81. The molecule has 3 rings (SSSR count). The topological polar surface area (TPSA) is 71.2 Å². The van der Waals surface area contributed by atoms with Gasteiger partial charge in [-0.1, -0.05) is 0 Å². The largest absolute Gasteiger partial charge is 0.507 e. The van der Waals surface area contributed by atoms with Crippen molar-refractivity contribution in [2.45, 2.75) is 12.6 Å². The zero-order chi connectivity index (χ0) is 16.6. The molecule has 0 fully saturated rings.